The maximum Gasteiger partial charge on any atom is 0.420 e. The third-order valence-electron chi connectivity index (χ3n) is 7.15. The number of ether oxygens (including phenoxy) is 2. The summed E-state index contributed by atoms with van der Waals surface area (Å²) >= 11 is 0. The molecule has 0 unspecified atom stereocenters. The van der Waals surface area contributed by atoms with Crippen molar-refractivity contribution >= 4 is 55.1 Å². The van der Waals surface area contributed by atoms with Gasteiger partial charge in [0.1, 0.15) is 11.5 Å². The van der Waals surface area contributed by atoms with Crippen LogP contribution in [-0.2, 0) is 32.8 Å². The van der Waals surface area contributed by atoms with Gasteiger partial charge in [-0.25, -0.2) is 39.0 Å². The molecule has 0 amide bonds. The topological polar surface area (TPSA) is 354 Å². The molecule has 0 saturated carbocycles. The lowest BCUT2D eigenvalue weighted by molar-refractivity contribution is -0.139. The lowest BCUT2D eigenvalue weighted by atomic mass is 10.1. The molecule has 4 rings (SSSR count). The molecule has 0 aliphatic heterocycles. The number of amidine groups is 2. The van der Waals surface area contributed by atoms with Gasteiger partial charge in [0.25, 0.3) is 20.4 Å². The van der Waals surface area contributed by atoms with Crippen LogP contribution in [0, 0.1) is 0 Å². The standard InChI is InChI=1S/C28H34F6N14O10S2/c29-27(30,31)17-13-15(41-25(43-49)21-23(47-57-45-21)37-7-9-39-59(35,51)52)3-5-19(17)55-11-1-2-12-56-20-6-4-16(14-18(20)28(32,33)34)42-26(44-50)22-24(48-58-46-22)38-8-10-40-60(36,53)54/h3-6,13-14,39-40,49-50H,1-2,7-12H2,(H,37,47)(H,38,48)(H,41,43)(H,42,44)(H2,35,51,52)(H2,36,53,54). The average molecular weight is 905 g/mol. The molecule has 2 heterocycles. The average Bonchev–Trinajstić information content (AvgIpc) is 3.83. The number of benzene rings is 2. The number of nitrogens with zero attached hydrogens (tertiary/aromatic N) is 6. The Hall–Kier alpha value is -5.90. The predicted octanol–water partition coefficient (Wildman–Crippen LogP) is 1.25. The second-order valence-electron chi connectivity index (χ2n) is 11.6. The largest absolute Gasteiger partial charge is 0.493 e. The van der Waals surface area contributed by atoms with Crippen LogP contribution in [0.25, 0.3) is 0 Å². The number of hydrogen-bond donors (Lipinski definition) is 10. The molecular formula is C28H34F6N14O10S2. The van der Waals surface area contributed by atoms with E-state index < -0.39 is 67.1 Å². The van der Waals surface area contributed by atoms with Gasteiger partial charge < -0.3 is 20.1 Å². The lowest BCUT2D eigenvalue weighted by Crippen LogP contribution is -2.34. The van der Waals surface area contributed by atoms with Crippen molar-refractivity contribution in [3.8, 4) is 11.5 Å². The minimum atomic E-state index is -4.95. The Balaban J connectivity index is 1.37. The molecule has 60 heavy (non-hydrogen) atoms. The van der Waals surface area contributed by atoms with E-state index in [9.17, 15) is 53.6 Å². The highest BCUT2D eigenvalue weighted by Crippen LogP contribution is 2.40. The van der Waals surface area contributed by atoms with Crippen molar-refractivity contribution in [1.82, 2.24) is 41.0 Å². The zero-order chi connectivity index (χ0) is 44.1. The van der Waals surface area contributed by atoms with Crippen LogP contribution < -0.4 is 50.8 Å². The Kier molecular flexibility index (Phi) is 15.9. The van der Waals surface area contributed by atoms with Gasteiger partial charge in [-0.05, 0) is 69.9 Å². The Morgan fingerprint density at radius 3 is 1.37 bits per heavy atom. The smallest absolute Gasteiger partial charge is 0.420 e. The highest BCUT2D eigenvalue weighted by atomic mass is 32.2. The molecule has 2 aromatic carbocycles. The van der Waals surface area contributed by atoms with Crippen LogP contribution in [0.1, 0.15) is 35.4 Å². The van der Waals surface area contributed by atoms with E-state index in [1.165, 1.54) is 0 Å². The molecule has 0 atom stereocenters. The van der Waals surface area contributed by atoms with Crippen LogP contribution in [0.3, 0.4) is 0 Å². The molecule has 2 aromatic heterocycles. The van der Waals surface area contributed by atoms with Crippen molar-refractivity contribution in [2.24, 2.45) is 20.3 Å². The highest BCUT2D eigenvalue weighted by Gasteiger charge is 2.36. The van der Waals surface area contributed by atoms with Gasteiger partial charge in [-0.1, -0.05) is 0 Å². The SMILES string of the molecule is NS(=O)(=O)NCCNc1nonc1C(=Nc1ccc(OCCCCOc2ccc(N=C(NO)c3nonc3NCCNS(N)(=O)=O)cc2C(F)(F)F)c(C(F)(F)F)c1)NO. The van der Waals surface area contributed by atoms with Gasteiger partial charge in [-0.3, -0.25) is 21.4 Å². The predicted molar refractivity (Wildman–Crippen MR) is 193 cm³/mol. The van der Waals surface area contributed by atoms with E-state index in [1.54, 1.807) is 11.0 Å². The molecule has 0 aliphatic rings. The van der Waals surface area contributed by atoms with E-state index in [0.717, 1.165) is 24.3 Å². The van der Waals surface area contributed by atoms with E-state index in [4.69, 9.17) is 19.8 Å². The van der Waals surface area contributed by atoms with Crippen LogP contribution in [-0.4, -0.2) is 98.9 Å². The Morgan fingerprint density at radius 2 is 1.03 bits per heavy atom. The summed E-state index contributed by atoms with van der Waals surface area (Å²) in [6.07, 6.45) is -9.83. The minimum absolute atomic E-state index is 0.0346. The zero-order valence-corrected chi connectivity index (χ0v) is 31.8. The molecule has 4 aromatic rings. The number of nitrogens with one attached hydrogen (secondary N) is 6. The quantitative estimate of drug-likeness (QED) is 0.0185. The fourth-order valence-corrected chi connectivity index (χ4v) is 5.40. The number of nitrogens with two attached hydrogens (primary N) is 2. The van der Waals surface area contributed by atoms with Gasteiger partial charge >= 0.3 is 12.4 Å². The molecule has 330 valence electrons. The van der Waals surface area contributed by atoms with Crippen molar-refractivity contribution in [3.05, 3.63) is 58.9 Å². The second kappa shape index (κ2) is 20.4. The molecule has 0 radical (unpaired) electrons. The van der Waals surface area contributed by atoms with Crippen molar-refractivity contribution in [2.45, 2.75) is 25.2 Å². The first kappa shape index (κ1) is 46.8. The summed E-state index contributed by atoms with van der Waals surface area (Å²) < 4.78 is 152. The van der Waals surface area contributed by atoms with Gasteiger partial charge in [-0.15, -0.1) is 0 Å². The van der Waals surface area contributed by atoms with Gasteiger partial charge in [0.05, 0.1) is 35.7 Å². The molecule has 12 N–H and O–H groups in total. The number of anilines is 2. The van der Waals surface area contributed by atoms with Gasteiger partial charge in [0.2, 0.25) is 11.6 Å². The molecule has 32 heteroatoms. The summed E-state index contributed by atoms with van der Waals surface area (Å²) in [5.41, 5.74) is -0.423. The number of alkyl halides is 6. The zero-order valence-electron chi connectivity index (χ0n) is 30.2. The third kappa shape index (κ3) is 14.4. The summed E-state index contributed by atoms with van der Waals surface area (Å²) in [5.74, 6) is -2.56. The Bertz CT molecular complexity index is 2180. The molecular weight excluding hydrogens is 871 g/mol. The van der Waals surface area contributed by atoms with E-state index in [1.807, 2.05) is 9.44 Å². The van der Waals surface area contributed by atoms with Crippen LogP contribution in [0.2, 0.25) is 0 Å². The monoisotopic (exact) mass is 904 g/mol. The number of aromatic nitrogens is 4. The van der Waals surface area contributed by atoms with Crippen molar-refractivity contribution in [1.29, 1.82) is 0 Å². The summed E-state index contributed by atoms with van der Waals surface area (Å²) in [7, 11) is -7.99. The maximum absolute atomic E-state index is 14.0. The fourth-order valence-electron chi connectivity index (χ4n) is 4.63. The number of hydroxylamine groups is 2. The number of unbranched alkanes of at least 4 members (excludes halogenated alkanes) is 1. The minimum Gasteiger partial charge on any atom is -0.493 e. The first-order valence-electron chi connectivity index (χ1n) is 16.5. The summed E-state index contributed by atoms with van der Waals surface area (Å²) in [6.45, 7) is -1.23. The van der Waals surface area contributed by atoms with E-state index in [-0.39, 0.29) is 86.6 Å². The van der Waals surface area contributed by atoms with Crippen LogP contribution in [0.5, 0.6) is 11.5 Å². The molecule has 0 bridgehead atoms. The molecule has 0 aliphatic carbocycles. The summed E-state index contributed by atoms with van der Waals surface area (Å²) in [5, 5.41) is 48.2. The number of rotatable bonds is 21. The van der Waals surface area contributed by atoms with Gasteiger partial charge in [0, 0.05) is 26.2 Å². The van der Waals surface area contributed by atoms with E-state index in [2.05, 4.69) is 50.5 Å². The highest BCUT2D eigenvalue weighted by molar-refractivity contribution is 7.87. The van der Waals surface area contributed by atoms with Crippen molar-refractivity contribution in [2.75, 3.05) is 50.0 Å². The normalized spacial score (nSPS) is 13.0. The van der Waals surface area contributed by atoms with Crippen LogP contribution in [0.15, 0.2) is 55.6 Å². The molecule has 0 fully saturated rings. The number of aliphatic imine (C=N–C) groups is 2. The first-order valence-corrected chi connectivity index (χ1v) is 19.6. The molecule has 0 spiro atoms. The molecule has 0 saturated heterocycles. The van der Waals surface area contributed by atoms with Gasteiger partial charge in [-0.2, -0.15) is 43.2 Å². The fraction of sp³-hybridized carbons (Fsp3) is 0.357. The van der Waals surface area contributed by atoms with E-state index in [0.29, 0.717) is 12.1 Å². The van der Waals surface area contributed by atoms with Crippen LogP contribution >= 0.6 is 0 Å². The number of hydrogen-bond acceptors (Lipinski definition) is 18. The first-order chi connectivity index (χ1) is 28.2. The Morgan fingerprint density at radius 1 is 0.650 bits per heavy atom. The van der Waals surface area contributed by atoms with Crippen LogP contribution in [0.4, 0.5) is 49.4 Å². The summed E-state index contributed by atoms with van der Waals surface area (Å²) in [4.78, 5) is 7.82. The Labute approximate surface area is 334 Å². The summed E-state index contributed by atoms with van der Waals surface area (Å²) in [6, 6.07) is 5.35. The van der Waals surface area contributed by atoms with Crippen molar-refractivity contribution < 1.29 is 72.3 Å². The lowest BCUT2D eigenvalue weighted by Gasteiger charge is -2.16. The second-order valence-corrected chi connectivity index (χ2v) is 14.3. The maximum atomic E-state index is 14.0. The third-order valence-corrected chi connectivity index (χ3v) is 8.36. The van der Waals surface area contributed by atoms with Gasteiger partial charge in [0.15, 0.2) is 23.1 Å². The number of halogens is 6. The van der Waals surface area contributed by atoms with E-state index >= 15 is 0 Å². The molecule has 24 nitrogen and oxygen atoms in total. The van der Waals surface area contributed by atoms with Crippen molar-refractivity contribution in [3.63, 3.8) is 0 Å².